The number of nitrogens with zero attached hydrogens (tertiary/aromatic N) is 2. The maximum atomic E-state index is 12.2. The van der Waals surface area contributed by atoms with Crippen LogP contribution >= 0.6 is 11.3 Å². The largest absolute Gasteiger partial charge is 0.334 e. The van der Waals surface area contributed by atoms with Gasteiger partial charge in [-0.05, 0) is 17.5 Å². The fourth-order valence-corrected chi connectivity index (χ4v) is 2.78. The fraction of sp³-hybridized carbons (Fsp3) is 0.143. The molecule has 0 aromatic carbocycles. The van der Waals surface area contributed by atoms with Gasteiger partial charge >= 0.3 is 0 Å². The molecule has 0 unspecified atom stereocenters. The summed E-state index contributed by atoms with van der Waals surface area (Å²) in [6, 6.07) is 4.51. The number of fused-ring (bicyclic) bond motifs is 1. The number of pyridine rings is 1. The van der Waals surface area contributed by atoms with Gasteiger partial charge in [0.2, 0.25) is 5.56 Å². The molecule has 3 rings (SSSR count). The van der Waals surface area contributed by atoms with Crippen LogP contribution in [0.15, 0.2) is 39.4 Å². The van der Waals surface area contributed by atoms with Gasteiger partial charge in [0, 0.05) is 19.3 Å². The number of carbonyl (C=O) groups excluding carboxylic acids is 1. The van der Waals surface area contributed by atoms with Gasteiger partial charge in [0.1, 0.15) is 10.5 Å². The summed E-state index contributed by atoms with van der Waals surface area (Å²) in [4.78, 5) is 46.0. The minimum absolute atomic E-state index is 0.166. The summed E-state index contributed by atoms with van der Waals surface area (Å²) in [6.45, 7) is 0.166. The third-order valence-corrected chi connectivity index (χ3v) is 4.03. The standard InChI is InChI=1S/C14H12N4O3S/c1-18(14(21)8-2-3-11(19)15-6-8)7-10-16-9-4-5-22-12(9)13(20)17-10/h2-6H,7H2,1H3,(H,15,19)(H,16,17,20). The zero-order chi connectivity index (χ0) is 15.7. The monoisotopic (exact) mass is 316 g/mol. The number of nitrogens with one attached hydrogen (secondary N) is 2. The number of H-pyrrole nitrogens is 2. The lowest BCUT2D eigenvalue weighted by Gasteiger charge is -2.16. The van der Waals surface area contributed by atoms with E-state index in [9.17, 15) is 14.4 Å². The van der Waals surface area contributed by atoms with E-state index < -0.39 is 0 Å². The van der Waals surface area contributed by atoms with Crippen LogP contribution in [0, 0.1) is 0 Å². The van der Waals surface area contributed by atoms with Crippen LogP contribution in [0.1, 0.15) is 16.2 Å². The molecule has 22 heavy (non-hydrogen) atoms. The van der Waals surface area contributed by atoms with Crippen LogP contribution in [0.25, 0.3) is 10.2 Å². The van der Waals surface area contributed by atoms with E-state index in [1.54, 1.807) is 18.5 Å². The fourth-order valence-electron chi connectivity index (χ4n) is 2.06. The zero-order valence-electron chi connectivity index (χ0n) is 11.6. The lowest BCUT2D eigenvalue weighted by atomic mass is 10.2. The molecule has 112 valence electrons. The molecule has 2 N–H and O–H groups in total. The van der Waals surface area contributed by atoms with Crippen LogP contribution in [0.3, 0.4) is 0 Å². The molecule has 3 aromatic heterocycles. The Morgan fingerprint density at radius 2 is 2.14 bits per heavy atom. The highest BCUT2D eigenvalue weighted by atomic mass is 32.1. The summed E-state index contributed by atoms with van der Waals surface area (Å²) in [5, 5.41) is 1.80. The van der Waals surface area contributed by atoms with Crippen molar-refractivity contribution in [2.24, 2.45) is 0 Å². The van der Waals surface area contributed by atoms with E-state index in [4.69, 9.17) is 0 Å². The second kappa shape index (κ2) is 5.57. The Morgan fingerprint density at radius 1 is 1.32 bits per heavy atom. The molecular formula is C14H12N4O3S. The molecule has 3 aromatic rings. The van der Waals surface area contributed by atoms with Gasteiger partial charge < -0.3 is 14.9 Å². The first-order valence-electron chi connectivity index (χ1n) is 6.45. The molecule has 3 heterocycles. The molecule has 8 heteroatoms. The number of amides is 1. The predicted octanol–water partition coefficient (Wildman–Crippen LogP) is 0.945. The molecule has 0 aliphatic heterocycles. The molecule has 0 saturated carbocycles. The summed E-state index contributed by atoms with van der Waals surface area (Å²) >= 11 is 1.33. The van der Waals surface area contributed by atoms with Gasteiger partial charge in [-0.1, -0.05) is 0 Å². The molecule has 0 spiro atoms. The second-order valence-corrected chi connectivity index (χ2v) is 5.67. The van der Waals surface area contributed by atoms with E-state index in [0.717, 1.165) is 0 Å². The number of hydrogen-bond donors (Lipinski definition) is 2. The highest BCUT2D eigenvalue weighted by molar-refractivity contribution is 7.17. The molecular weight excluding hydrogens is 304 g/mol. The average molecular weight is 316 g/mol. The minimum atomic E-state index is -0.274. The van der Waals surface area contributed by atoms with Crippen molar-refractivity contribution in [1.29, 1.82) is 0 Å². The molecule has 0 bridgehead atoms. The Balaban J connectivity index is 1.84. The lowest BCUT2D eigenvalue weighted by Crippen LogP contribution is -2.28. The average Bonchev–Trinajstić information content (AvgIpc) is 2.96. The van der Waals surface area contributed by atoms with Crippen LogP contribution in [0.5, 0.6) is 0 Å². The van der Waals surface area contributed by atoms with Gasteiger partial charge in [0.05, 0.1) is 17.6 Å². The number of rotatable bonds is 3. The van der Waals surface area contributed by atoms with E-state index in [0.29, 0.717) is 21.6 Å². The van der Waals surface area contributed by atoms with Crippen molar-refractivity contribution in [1.82, 2.24) is 19.9 Å². The van der Waals surface area contributed by atoms with Crippen molar-refractivity contribution >= 4 is 27.5 Å². The van der Waals surface area contributed by atoms with Gasteiger partial charge in [-0.25, -0.2) is 4.98 Å². The van der Waals surface area contributed by atoms with Crippen LogP contribution < -0.4 is 11.1 Å². The number of hydrogen-bond acceptors (Lipinski definition) is 5. The highest BCUT2D eigenvalue weighted by Crippen LogP contribution is 2.14. The third-order valence-electron chi connectivity index (χ3n) is 3.13. The van der Waals surface area contributed by atoms with Gasteiger partial charge in [-0.3, -0.25) is 14.4 Å². The number of carbonyl (C=O) groups is 1. The highest BCUT2D eigenvalue weighted by Gasteiger charge is 2.14. The third kappa shape index (κ3) is 2.68. The normalized spacial score (nSPS) is 10.8. The van der Waals surface area contributed by atoms with E-state index in [-0.39, 0.29) is 23.6 Å². The Hall–Kier alpha value is -2.74. The Bertz CT molecular complexity index is 936. The zero-order valence-corrected chi connectivity index (χ0v) is 12.4. The van der Waals surface area contributed by atoms with Crippen molar-refractivity contribution in [3.8, 4) is 0 Å². The molecule has 0 saturated heterocycles. The minimum Gasteiger partial charge on any atom is -0.334 e. The maximum Gasteiger partial charge on any atom is 0.268 e. The van der Waals surface area contributed by atoms with Gasteiger partial charge in [-0.2, -0.15) is 0 Å². The van der Waals surface area contributed by atoms with Gasteiger partial charge in [0.25, 0.3) is 11.5 Å². The molecule has 1 amide bonds. The quantitative estimate of drug-likeness (QED) is 0.751. The Morgan fingerprint density at radius 3 is 2.86 bits per heavy atom. The van der Waals surface area contributed by atoms with Crippen LogP contribution in [0.4, 0.5) is 0 Å². The maximum absolute atomic E-state index is 12.2. The van der Waals surface area contributed by atoms with Crippen LogP contribution in [-0.2, 0) is 6.54 Å². The predicted molar refractivity (Wildman–Crippen MR) is 83.1 cm³/mol. The van der Waals surface area contributed by atoms with Crippen molar-refractivity contribution in [2.45, 2.75) is 6.54 Å². The van der Waals surface area contributed by atoms with Crippen LogP contribution in [0.2, 0.25) is 0 Å². The van der Waals surface area contributed by atoms with Crippen molar-refractivity contribution in [2.75, 3.05) is 7.05 Å². The first-order chi connectivity index (χ1) is 10.5. The number of thiophene rings is 1. The Labute approximate surface area is 128 Å². The smallest absolute Gasteiger partial charge is 0.268 e. The summed E-state index contributed by atoms with van der Waals surface area (Å²) in [7, 11) is 1.60. The summed E-state index contributed by atoms with van der Waals surface area (Å²) < 4.78 is 0.568. The number of aromatic nitrogens is 3. The van der Waals surface area contributed by atoms with E-state index >= 15 is 0 Å². The molecule has 0 radical (unpaired) electrons. The second-order valence-electron chi connectivity index (χ2n) is 4.75. The Kier molecular flexibility index (Phi) is 3.60. The van der Waals surface area contributed by atoms with Crippen molar-refractivity contribution in [3.63, 3.8) is 0 Å². The van der Waals surface area contributed by atoms with Gasteiger partial charge in [0.15, 0.2) is 0 Å². The molecule has 0 aliphatic carbocycles. The molecule has 0 aliphatic rings. The summed E-state index contributed by atoms with van der Waals surface area (Å²) in [5.41, 5.74) is 0.502. The van der Waals surface area contributed by atoms with Gasteiger partial charge in [-0.15, -0.1) is 11.3 Å². The first kappa shape index (κ1) is 14.2. The first-order valence-corrected chi connectivity index (χ1v) is 7.33. The SMILES string of the molecule is CN(Cc1nc2ccsc2c(=O)[nH]1)C(=O)c1ccc(=O)[nH]c1. The topological polar surface area (TPSA) is 98.9 Å². The van der Waals surface area contributed by atoms with Crippen LogP contribution in [-0.4, -0.2) is 32.8 Å². The summed E-state index contributed by atoms with van der Waals surface area (Å²) in [6.07, 6.45) is 1.36. The molecule has 7 nitrogen and oxygen atoms in total. The molecule has 0 fully saturated rings. The van der Waals surface area contributed by atoms with Crippen molar-refractivity contribution < 1.29 is 4.79 Å². The van der Waals surface area contributed by atoms with E-state index in [2.05, 4.69) is 15.0 Å². The lowest BCUT2D eigenvalue weighted by molar-refractivity contribution is 0.0781. The number of aromatic amines is 2. The van der Waals surface area contributed by atoms with Crippen molar-refractivity contribution in [3.05, 3.63) is 61.9 Å². The van der Waals surface area contributed by atoms with E-state index in [1.807, 2.05) is 0 Å². The summed E-state index contributed by atoms with van der Waals surface area (Å²) in [5.74, 6) is 0.139. The molecule has 0 atom stereocenters. The van der Waals surface area contributed by atoms with E-state index in [1.165, 1.54) is 34.6 Å².